The highest BCUT2D eigenvalue weighted by Gasteiger charge is 2.52. The minimum Gasteiger partial charge on any atom is -0.465 e. The van der Waals surface area contributed by atoms with Gasteiger partial charge in [0.25, 0.3) is 0 Å². The third-order valence-corrected chi connectivity index (χ3v) is 15.9. The molecule has 0 aliphatic rings. The molecule has 0 amide bonds. The van der Waals surface area contributed by atoms with Crippen LogP contribution in [0, 0.1) is 116 Å². The van der Waals surface area contributed by atoms with Crippen molar-refractivity contribution in [1.82, 2.24) is 0 Å². The molecule has 0 aromatic heterocycles. The highest BCUT2D eigenvalue weighted by molar-refractivity contribution is 7.95. The number of methoxy groups -OCH3 is 2. The van der Waals surface area contributed by atoms with Crippen LogP contribution in [-0.4, -0.2) is 38.5 Å². The van der Waals surface area contributed by atoms with Gasteiger partial charge in [-0.25, -0.2) is 97.4 Å². The number of hydrogen-bond donors (Lipinski definition) is 0. The van der Waals surface area contributed by atoms with Crippen molar-refractivity contribution in [2.45, 2.75) is 0 Å². The number of ether oxygens (including phenoxy) is 2. The molecule has 0 bridgehead atoms. The van der Waals surface area contributed by atoms with E-state index in [1.54, 1.807) is 6.08 Å². The predicted molar refractivity (Wildman–Crippen MR) is 231 cm³/mol. The van der Waals surface area contributed by atoms with Gasteiger partial charge in [-0.1, -0.05) is 54.6 Å². The van der Waals surface area contributed by atoms with Gasteiger partial charge >= 0.3 is 11.9 Å². The van der Waals surface area contributed by atoms with Gasteiger partial charge in [0.05, 0.1) is 20.4 Å². The normalized spacial score (nSPS) is 11.5. The fourth-order valence-corrected chi connectivity index (χ4v) is 12.4. The Labute approximate surface area is 408 Å². The summed E-state index contributed by atoms with van der Waals surface area (Å²) in [6.45, 7) is 0. The van der Waals surface area contributed by atoms with Crippen LogP contribution in [0.15, 0.2) is 103 Å². The van der Waals surface area contributed by atoms with Crippen molar-refractivity contribution < 1.29 is 107 Å². The first-order chi connectivity index (χ1) is 35.3. The summed E-state index contributed by atoms with van der Waals surface area (Å²) in [5, 5.41) is 3.48. The van der Waals surface area contributed by atoms with E-state index in [1.807, 2.05) is 54.6 Å². The van der Waals surface area contributed by atoms with Crippen LogP contribution in [0.25, 0.3) is 0 Å². The zero-order valence-corrected chi connectivity index (χ0v) is 38.1. The van der Waals surface area contributed by atoms with E-state index in [0.717, 1.165) is 15.9 Å². The molecule has 0 atom stereocenters. The highest BCUT2D eigenvalue weighted by atomic mass is 31.2. The fraction of sp³-hybridized carbons (Fsp3) is 0.0612. The lowest BCUT2D eigenvalue weighted by molar-refractivity contribution is -0.144. The van der Waals surface area contributed by atoms with Gasteiger partial charge in [-0.3, -0.25) is 0 Å². The Morgan fingerprint density at radius 2 is 0.533 bits per heavy atom. The fourth-order valence-electron chi connectivity index (χ4n) is 8.38. The first-order valence-electron chi connectivity index (χ1n) is 20.5. The van der Waals surface area contributed by atoms with Crippen LogP contribution < -0.4 is 37.8 Å². The van der Waals surface area contributed by atoms with Crippen molar-refractivity contribution in [2.75, 3.05) is 20.4 Å². The SMILES string of the molecule is COC(=O)C(=CC[P+](c1ccccc1)(c1ccccc1)c1ccccc1)C(=O)OC.Fc1c(F)c(F)c([B-](c2c(F)c(F)c(F)c(F)c2F)(c2c(F)c(F)c(F)c(F)c2F)c2c(F)c(F)c(F)c(F)c2F)c(F)c1F. The van der Waals surface area contributed by atoms with Gasteiger partial charge < -0.3 is 9.47 Å². The third-order valence-electron chi connectivity index (χ3n) is 11.7. The maximum atomic E-state index is 15.4. The Hall–Kier alpha value is -7.69. The molecule has 4 nitrogen and oxygen atoms in total. The minimum atomic E-state index is -7.22. The van der Waals surface area contributed by atoms with E-state index in [0.29, 0.717) is 6.16 Å². The standard InChI is InChI=1S/C25H24O4P.C24BF20/c1-28-24(26)23(25(27)29-2)18-19-30(20-12-6-3-7-13-20,21-14-8-4-9-15-21)22-16-10-5-11-17-22;26-5-1(6(27)14(35)21(42)13(5)34)25(2-7(28)15(36)22(43)16(37)8(2)29,3-9(30)17(38)23(44)18(39)10(3)31)4-11(32)19(40)24(45)20(41)12(4)33/h3-18H,19H2,1-2H3;/q+1;-1. The molecule has 0 fully saturated rings. The Balaban J connectivity index is 0.000000264. The molecule has 0 saturated carbocycles. The zero-order valence-electron chi connectivity index (χ0n) is 37.2. The lowest BCUT2D eigenvalue weighted by Gasteiger charge is -2.44. The second-order valence-electron chi connectivity index (χ2n) is 15.4. The van der Waals surface area contributed by atoms with E-state index < -0.39 is 164 Å². The average molecular weight is 1100 g/mol. The lowest BCUT2D eigenvalue weighted by atomic mass is 9.12. The van der Waals surface area contributed by atoms with E-state index in [9.17, 15) is 62.3 Å². The van der Waals surface area contributed by atoms with Crippen LogP contribution in [-0.2, 0) is 19.1 Å². The summed E-state index contributed by atoms with van der Waals surface area (Å²) in [5.74, 6) is -72.8. The summed E-state index contributed by atoms with van der Waals surface area (Å²) >= 11 is 0. The van der Waals surface area contributed by atoms with Crippen LogP contribution in [0.2, 0.25) is 0 Å². The number of halogens is 20. The second kappa shape index (κ2) is 22.0. The van der Waals surface area contributed by atoms with Crippen molar-refractivity contribution in [3.8, 4) is 0 Å². The topological polar surface area (TPSA) is 52.6 Å². The smallest absolute Gasteiger partial charge is 0.345 e. The molecule has 0 heterocycles. The van der Waals surface area contributed by atoms with E-state index in [1.165, 1.54) is 14.2 Å². The first-order valence-corrected chi connectivity index (χ1v) is 22.5. The van der Waals surface area contributed by atoms with Crippen LogP contribution >= 0.6 is 7.26 Å². The molecular weight excluding hydrogens is 1070 g/mol. The molecule has 0 unspecified atom stereocenters. The van der Waals surface area contributed by atoms with Gasteiger partial charge in [0.2, 0.25) is 0 Å². The zero-order chi connectivity index (χ0) is 55.8. The number of rotatable bonds is 11. The van der Waals surface area contributed by atoms with Gasteiger partial charge in [0.15, 0.2) is 69.8 Å². The van der Waals surface area contributed by atoms with E-state index >= 15 is 35.1 Å². The molecule has 0 spiro atoms. The largest absolute Gasteiger partial charge is 0.465 e. The molecule has 7 rings (SSSR count). The Kier molecular flexibility index (Phi) is 16.6. The molecule has 26 heteroatoms. The quantitative estimate of drug-likeness (QED) is 0.0150. The van der Waals surface area contributed by atoms with Crippen LogP contribution in [0.3, 0.4) is 0 Å². The number of carbonyl (C=O) groups excluding carboxylic acids is 2. The third kappa shape index (κ3) is 9.24. The maximum Gasteiger partial charge on any atom is 0.345 e. The maximum absolute atomic E-state index is 15.4. The van der Waals surface area contributed by atoms with Gasteiger partial charge in [0.1, 0.15) is 81.4 Å². The van der Waals surface area contributed by atoms with Gasteiger partial charge in [-0.2, -0.15) is 0 Å². The summed E-state index contributed by atoms with van der Waals surface area (Å²) in [4.78, 5) is 24.5. The minimum absolute atomic E-state index is 0.0906. The number of carbonyl (C=O) groups is 2. The number of allylic oxidation sites excluding steroid dienone is 1. The Morgan fingerprint density at radius 3 is 0.720 bits per heavy atom. The summed E-state index contributed by atoms with van der Waals surface area (Å²) in [6.07, 6.45) is -5.08. The molecule has 0 aliphatic heterocycles. The molecule has 7 aromatic carbocycles. The van der Waals surface area contributed by atoms with Crippen LogP contribution in [0.1, 0.15) is 0 Å². The van der Waals surface area contributed by atoms with Gasteiger partial charge in [-0.05, 0) is 42.5 Å². The summed E-state index contributed by atoms with van der Waals surface area (Å²) in [5.41, 5.74) is -14.4. The van der Waals surface area contributed by atoms with Crippen molar-refractivity contribution in [3.63, 3.8) is 0 Å². The Bertz CT molecular complexity index is 2930. The Morgan fingerprint density at radius 1 is 0.347 bits per heavy atom. The molecule has 0 radical (unpaired) electrons. The van der Waals surface area contributed by atoms with Crippen molar-refractivity contribution >= 4 is 63.1 Å². The predicted octanol–water partition coefficient (Wildman–Crippen LogP) is 9.10. The lowest BCUT2D eigenvalue weighted by Crippen LogP contribution is -2.81. The molecule has 7 aromatic rings. The number of esters is 2. The van der Waals surface area contributed by atoms with Crippen LogP contribution in [0.4, 0.5) is 87.8 Å². The van der Waals surface area contributed by atoms with Crippen molar-refractivity contribution in [2.24, 2.45) is 0 Å². The molecule has 0 aliphatic carbocycles. The summed E-state index contributed by atoms with van der Waals surface area (Å²) in [7, 11) is 0.315. The summed E-state index contributed by atoms with van der Waals surface area (Å²) < 4.78 is 304. The first kappa shape index (κ1) is 56.6. The number of benzene rings is 7. The highest BCUT2D eigenvalue weighted by Crippen LogP contribution is 2.55. The van der Waals surface area contributed by atoms with Gasteiger partial charge in [0, 0.05) is 0 Å². The second-order valence-corrected chi connectivity index (χ2v) is 18.9. The van der Waals surface area contributed by atoms with Crippen molar-refractivity contribution in [3.05, 3.63) is 219 Å². The van der Waals surface area contributed by atoms with E-state index in [-0.39, 0.29) is 5.57 Å². The molecule has 0 saturated heterocycles. The molecule has 392 valence electrons. The average Bonchev–Trinajstić information content (AvgIpc) is 3.42. The monoisotopic (exact) mass is 1100 g/mol. The van der Waals surface area contributed by atoms with Gasteiger partial charge in [-0.15, -0.1) is 21.9 Å². The molecule has 0 N–H and O–H groups in total. The van der Waals surface area contributed by atoms with Crippen molar-refractivity contribution in [1.29, 1.82) is 0 Å². The molecular formula is C49H24BF20O4P. The van der Waals surface area contributed by atoms with Crippen LogP contribution in [0.5, 0.6) is 0 Å². The summed E-state index contributed by atoms with van der Waals surface area (Å²) in [6, 6.07) is 30.7. The van der Waals surface area contributed by atoms with E-state index in [4.69, 9.17) is 9.47 Å². The molecule has 75 heavy (non-hydrogen) atoms. The number of hydrogen-bond acceptors (Lipinski definition) is 4. The van der Waals surface area contributed by atoms with E-state index in [2.05, 4.69) is 36.4 Å².